The summed E-state index contributed by atoms with van der Waals surface area (Å²) < 4.78 is 1.84. The SMILES string of the molecule is Cc1nn(C)cc1/C=C1/C[C@@H]2[C@@H]3CC[C@@H]4C[C@H](O)CC[C@]4(C)[C@@H]3CC[C@]2(C)C1=O. The first-order valence-electron chi connectivity index (χ1n) is 11.7. The van der Waals surface area contributed by atoms with E-state index in [-0.39, 0.29) is 11.5 Å². The highest BCUT2D eigenvalue weighted by atomic mass is 16.3. The first-order chi connectivity index (χ1) is 13.7. The Bertz CT molecular complexity index is 870. The molecule has 1 heterocycles. The molecule has 4 nitrogen and oxygen atoms in total. The molecule has 0 aliphatic heterocycles. The number of hydrogen-bond acceptors (Lipinski definition) is 3. The lowest BCUT2D eigenvalue weighted by Gasteiger charge is -2.59. The van der Waals surface area contributed by atoms with Gasteiger partial charge in [-0.05, 0) is 99.0 Å². The van der Waals surface area contributed by atoms with Crippen LogP contribution in [0.15, 0.2) is 11.8 Å². The summed E-state index contributed by atoms with van der Waals surface area (Å²) in [6.45, 7) is 6.79. The number of Topliss-reactive ketones (excluding diaryl/α,β-unsaturated/α-hetero) is 1. The Morgan fingerprint density at radius 3 is 2.69 bits per heavy atom. The summed E-state index contributed by atoms with van der Waals surface area (Å²) in [7, 11) is 1.94. The van der Waals surface area contributed by atoms with Crippen LogP contribution in [0, 0.1) is 41.4 Å². The van der Waals surface area contributed by atoms with Crippen molar-refractivity contribution in [2.24, 2.45) is 41.5 Å². The lowest BCUT2D eigenvalue weighted by Crippen LogP contribution is -2.54. The van der Waals surface area contributed by atoms with Crippen LogP contribution in [0.2, 0.25) is 0 Å². The standard InChI is InChI=1S/C25H36N2O2/c1-15-17(14-27(4)26-15)11-16-12-22-20-6-5-18-13-19(28)7-9-24(18,2)21(20)8-10-25(22,3)23(16)29/h11,14,18-22,28H,5-10,12-13H2,1-4H3/b16-11-/t18-,19-,20-,21-,22-,24+,25+/m1/s1. The zero-order valence-corrected chi connectivity index (χ0v) is 18.4. The third-order valence-electron chi connectivity index (χ3n) is 9.66. The Balaban J connectivity index is 1.46. The zero-order valence-electron chi connectivity index (χ0n) is 18.4. The number of aliphatic hydroxyl groups excluding tert-OH is 1. The quantitative estimate of drug-likeness (QED) is 0.701. The number of rotatable bonds is 1. The van der Waals surface area contributed by atoms with Gasteiger partial charge < -0.3 is 5.11 Å². The van der Waals surface area contributed by atoms with Crippen molar-refractivity contribution in [3.05, 3.63) is 23.0 Å². The highest BCUT2D eigenvalue weighted by molar-refractivity contribution is 6.06. The molecule has 0 radical (unpaired) electrons. The van der Waals surface area contributed by atoms with E-state index in [1.54, 1.807) is 0 Å². The fourth-order valence-electron chi connectivity index (χ4n) is 7.98. The molecule has 1 aromatic rings. The van der Waals surface area contributed by atoms with Crippen molar-refractivity contribution in [2.75, 3.05) is 0 Å². The number of allylic oxidation sites excluding steroid dienone is 1. The molecule has 1 N–H and O–H groups in total. The molecule has 0 bridgehead atoms. The summed E-state index contributed by atoms with van der Waals surface area (Å²) in [5, 5.41) is 14.7. The van der Waals surface area contributed by atoms with Gasteiger partial charge in [0.25, 0.3) is 0 Å². The van der Waals surface area contributed by atoms with E-state index in [9.17, 15) is 9.90 Å². The van der Waals surface area contributed by atoms with Gasteiger partial charge in [-0.25, -0.2) is 0 Å². The number of carbonyl (C=O) groups is 1. The number of nitrogens with zero attached hydrogens (tertiary/aromatic N) is 2. The molecule has 4 aliphatic rings. The molecule has 0 amide bonds. The number of hydrogen-bond donors (Lipinski definition) is 1. The zero-order chi connectivity index (χ0) is 20.6. The molecule has 4 saturated carbocycles. The monoisotopic (exact) mass is 396 g/mol. The van der Waals surface area contributed by atoms with E-state index in [2.05, 4.69) is 25.0 Å². The maximum atomic E-state index is 13.5. The van der Waals surface area contributed by atoms with Gasteiger partial charge in [0.1, 0.15) is 0 Å². The maximum absolute atomic E-state index is 13.5. The van der Waals surface area contributed by atoms with E-state index in [4.69, 9.17) is 0 Å². The van der Waals surface area contributed by atoms with Gasteiger partial charge in [-0.15, -0.1) is 0 Å². The van der Waals surface area contributed by atoms with Crippen molar-refractivity contribution in [3.63, 3.8) is 0 Å². The fourth-order valence-corrected chi connectivity index (χ4v) is 7.98. The molecule has 4 fully saturated rings. The highest BCUT2D eigenvalue weighted by Gasteiger charge is 2.61. The molecule has 0 unspecified atom stereocenters. The van der Waals surface area contributed by atoms with Crippen molar-refractivity contribution < 1.29 is 9.90 Å². The second-order valence-corrected chi connectivity index (χ2v) is 11.1. The number of aliphatic hydroxyl groups is 1. The predicted octanol–water partition coefficient (Wildman–Crippen LogP) is 4.69. The minimum Gasteiger partial charge on any atom is -0.393 e. The first kappa shape index (κ1) is 19.5. The van der Waals surface area contributed by atoms with E-state index in [1.165, 1.54) is 19.3 Å². The minimum absolute atomic E-state index is 0.0937. The van der Waals surface area contributed by atoms with Gasteiger partial charge in [-0.3, -0.25) is 9.48 Å². The number of fused-ring (bicyclic) bond motifs is 5. The van der Waals surface area contributed by atoms with Crippen LogP contribution >= 0.6 is 0 Å². The maximum Gasteiger partial charge on any atom is 0.165 e. The lowest BCUT2D eigenvalue weighted by molar-refractivity contribution is -0.141. The van der Waals surface area contributed by atoms with Crippen molar-refractivity contribution >= 4 is 11.9 Å². The van der Waals surface area contributed by atoms with Crippen LogP contribution in [0.3, 0.4) is 0 Å². The van der Waals surface area contributed by atoms with Crippen molar-refractivity contribution in [1.82, 2.24) is 9.78 Å². The Kier molecular flexibility index (Phi) is 4.40. The van der Waals surface area contributed by atoms with E-state index in [0.29, 0.717) is 29.0 Å². The van der Waals surface area contributed by atoms with Crippen LogP contribution in [0.1, 0.15) is 76.5 Å². The lowest BCUT2D eigenvalue weighted by atomic mass is 9.45. The van der Waals surface area contributed by atoms with Crippen LogP contribution < -0.4 is 0 Å². The van der Waals surface area contributed by atoms with Crippen LogP contribution in [-0.4, -0.2) is 26.8 Å². The van der Waals surface area contributed by atoms with Crippen molar-refractivity contribution in [3.8, 4) is 0 Å². The molecule has 0 spiro atoms. The van der Waals surface area contributed by atoms with Crippen LogP contribution in [0.5, 0.6) is 0 Å². The molecule has 0 saturated heterocycles. The predicted molar refractivity (Wildman–Crippen MR) is 114 cm³/mol. The molecule has 4 heteroatoms. The molecule has 29 heavy (non-hydrogen) atoms. The molecule has 0 aromatic carbocycles. The molecule has 7 atom stereocenters. The summed E-state index contributed by atoms with van der Waals surface area (Å²) in [5.74, 6) is 2.94. The van der Waals surface area contributed by atoms with Gasteiger partial charge in [0.15, 0.2) is 5.78 Å². The van der Waals surface area contributed by atoms with E-state index in [1.807, 2.05) is 24.9 Å². The number of ketones is 1. The third kappa shape index (κ3) is 2.81. The number of aryl methyl sites for hydroxylation is 2. The van der Waals surface area contributed by atoms with Gasteiger partial charge in [0.05, 0.1) is 11.8 Å². The van der Waals surface area contributed by atoms with Gasteiger partial charge in [-0.1, -0.05) is 13.8 Å². The molecular formula is C25H36N2O2. The summed E-state index contributed by atoms with van der Waals surface area (Å²) in [4.78, 5) is 13.5. The van der Waals surface area contributed by atoms with Crippen LogP contribution in [0.4, 0.5) is 0 Å². The Morgan fingerprint density at radius 2 is 1.97 bits per heavy atom. The van der Waals surface area contributed by atoms with E-state index >= 15 is 0 Å². The average molecular weight is 397 g/mol. The summed E-state index contributed by atoms with van der Waals surface area (Å²) >= 11 is 0. The highest BCUT2D eigenvalue weighted by Crippen LogP contribution is 2.66. The van der Waals surface area contributed by atoms with E-state index in [0.717, 1.165) is 54.9 Å². The normalized spacial score (nSPS) is 45.8. The van der Waals surface area contributed by atoms with Gasteiger partial charge >= 0.3 is 0 Å². The van der Waals surface area contributed by atoms with Crippen LogP contribution in [0.25, 0.3) is 6.08 Å². The van der Waals surface area contributed by atoms with Gasteiger partial charge in [0, 0.05) is 24.2 Å². The number of aromatic nitrogens is 2. The van der Waals surface area contributed by atoms with Crippen molar-refractivity contribution in [1.29, 1.82) is 0 Å². The average Bonchev–Trinajstić information content (AvgIpc) is 3.12. The van der Waals surface area contributed by atoms with Gasteiger partial charge in [-0.2, -0.15) is 5.10 Å². The summed E-state index contributed by atoms with van der Waals surface area (Å²) in [6, 6.07) is 0. The largest absolute Gasteiger partial charge is 0.393 e. The number of carbonyl (C=O) groups excluding carboxylic acids is 1. The van der Waals surface area contributed by atoms with E-state index < -0.39 is 0 Å². The first-order valence-corrected chi connectivity index (χ1v) is 11.7. The van der Waals surface area contributed by atoms with Gasteiger partial charge in [0.2, 0.25) is 0 Å². The summed E-state index contributed by atoms with van der Waals surface area (Å²) in [6.07, 6.45) is 12.8. The second kappa shape index (κ2) is 6.54. The Morgan fingerprint density at radius 1 is 1.17 bits per heavy atom. The topological polar surface area (TPSA) is 55.1 Å². The Hall–Kier alpha value is -1.42. The fraction of sp³-hybridized carbons (Fsp3) is 0.760. The second-order valence-electron chi connectivity index (χ2n) is 11.1. The molecule has 5 rings (SSSR count). The molecule has 4 aliphatic carbocycles. The smallest absolute Gasteiger partial charge is 0.165 e. The minimum atomic E-state index is -0.180. The van der Waals surface area contributed by atoms with Crippen molar-refractivity contribution in [2.45, 2.75) is 78.2 Å². The summed E-state index contributed by atoms with van der Waals surface area (Å²) in [5.41, 5.74) is 3.30. The van der Waals surface area contributed by atoms with Crippen LogP contribution in [-0.2, 0) is 11.8 Å². The molecular weight excluding hydrogens is 360 g/mol. The Labute approximate surface area is 174 Å². The molecule has 1 aromatic heterocycles. The third-order valence-corrected chi connectivity index (χ3v) is 9.66. The molecule has 158 valence electrons.